The molecule has 0 spiro atoms. The van der Waals surface area contributed by atoms with E-state index in [1.165, 1.54) is 161 Å². The number of unbranched alkanes of at least 4 members (excludes halogenated alkanes) is 32. The molecule has 1 aliphatic rings. The van der Waals surface area contributed by atoms with Gasteiger partial charge in [0.15, 0.2) is 6.29 Å². The minimum absolute atomic E-state index is 0.0156. The lowest BCUT2D eigenvalue weighted by Gasteiger charge is -2.40. The van der Waals surface area contributed by atoms with Crippen LogP contribution in [0.1, 0.15) is 264 Å². The van der Waals surface area contributed by atoms with Gasteiger partial charge < -0.3 is 45.1 Å². The number of carbonyl (C=O) groups is 2. The van der Waals surface area contributed by atoms with Crippen molar-refractivity contribution in [2.24, 2.45) is 0 Å². The predicted octanol–water partition coefficient (Wildman–Crippen LogP) is 13.1. The van der Waals surface area contributed by atoms with Gasteiger partial charge in [-0.05, 0) is 83.5 Å². The van der Waals surface area contributed by atoms with E-state index < -0.39 is 49.5 Å². The molecule has 0 radical (unpaired) electrons. The summed E-state index contributed by atoms with van der Waals surface area (Å²) in [7, 11) is 0. The molecular formula is C59H109NO10. The van der Waals surface area contributed by atoms with Crippen LogP contribution in [0.3, 0.4) is 0 Å². The van der Waals surface area contributed by atoms with Gasteiger partial charge in [-0.25, -0.2) is 0 Å². The maximum absolute atomic E-state index is 13.0. The van der Waals surface area contributed by atoms with Gasteiger partial charge in [0.1, 0.15) is 24.4 Å². The predicted molar refractivity (Wildman–Crippen MR) is 287 cm³/mol. The van der Waals surface area contributed by atoms with Gasteiger partial charge in [-0.2, -0.15) is 0 Å². The quantitative estimate of drug-likeness (QED) is 0.0195. The highest BCUT2D eigenvalue weighted by Gasteiger charge is 2.44. The lowest BCUT2D eigenvalue weighted by molar-refractivity contribution is -0.302. The van der Waals surface area contributed by atoms with Gasteiger partial charge >= 0.3 is 5.97 Å². The largest absolute Gasteiger partial charge is 0.466 e. The van der Waals surface area contributed by atoms with Crippen molar-refractivity contribution >= 4 is 11.9 Å². The molecule has 0 aromatic rings. The molecule has 1 amide bonds. The van der Waals surface area contributed by atoms with Gasteiger partial charge in [-0.1, -0.05) is 204 Å². The monoisotopic (exact) mass is 992 g/mol. The Balaban J connectivity index is 2.04. The Hall–Kier alpha value is -2.12. The third kappa shape index (κ3) is 38.5. The number of amides is 1. The Labute approximate surface area is 428 Å². The Bertz CT molecular complexity index is 1260. The standard InChI is InChI=1S/C59H109NO10/c1-3-5-7-9-11-13-14-27-31-35-39-43-47-55(64)68-48-44-40-36-32-28-25-23-21-19-17-15-16-18-20-22-24-26-30-34-38-42-46-54(63)60-51(52(62)45-41-37-33-29-12-10-8-6-4-2)50-69-59-58(67)57(66)56(65)53(49-61)70-59/h11,13,16,18,41,45,51-53,56-59,61-62,65-67H,3-10,12,14-15,17,19-40,42-44,46-50H2,1-2H3,(H,60,63)/b13-11-,18-16-,45-41+. The summed E-state index contributed by atoms with van der Waals surface area (Å²) in [5, 5.41) is 54.2. The summed E-state index contributed by atoms with van der Waals surface area (Å²) in [5.74, 6) is -0.208. The minimum Gasteiger partial charge on any atom is -0.466 e. The zero-order valence-electron chi connectivity index (χ0n) is 45.0. The first kappa shape index (κ1) is 65.9. The molecule has 410 valence electrons. The van der Waals surface area contributed by atoms with Crippen LogP contribution in [0.25, 0.3) is 0 Å². The molecule has 1 saturated heterocycles. The molecule has 7 atom stereocenters. The first-order valence-electron chi connectivity index (χ1n) is 29.3. The summed E-state index contributed by atoms with van der Waals surface area (Å²) >= 11 is 0. The van der Waals surface area contributed by atoms with Gasteiger partial charge in [-0.15, -0.1) is 0 Å². The summed E-state index contributed by atoms with van der Waals surface area (Å²) in [5.41, 5.74) is 0. The number of hydrogen-bond donors (Lipinski definition) is 6. The number of carbonyl (C=O) groups excluding carboxylic acids is 2. The number of hydrogen-bond acceptors (Lipinski definition) is 10. The SMILES string of the molecule is CCCCC/C=C\CCCCCCCC(=O)OCCCCCCCCCCCC/C=C\CCCCCCCCCC(=O)NC(COC1OC(CO)C(O)C(O)C1O)C(O)/C=C/CCCCCCCCC. The van der Waals surface area contributed by atoms with Crippen molar-refractivity contribution < 1.29 is 49.3 Å². The molecule has 0 aromatic carbocycles. The van der Waals surface area contributed by atoms with Crippen LogP contribution >= 0.6 is 0 Å². The zero-order valence-corrected chi connectivity index (χ0v) is 45.0. The van der Waals surface area contributed by atoms with E-state index in [0.29, 0.717) is 19.4 Å². The molecule has 0 bridgehead atoms. The van der Waals surface area contributed by atoms with Crippen LogP contribution in [0.15, 0.2) is 36.5 Å². The highest BCUT2D eigenvalue weighted by atomic mass is 16.7. The molecule has 11 nitrogen and oxygen atoms in total. The molecule has 0 aromatic heterocycles. The van der Waals surface area contributed by atoms with Gasteiger partial charge in [0.2, 0.25) is 5.91 Å². The van der Waals surface area contributed by atoms with Crippen molar-refractivity contribution in [1.82, 2.24) is 5.32 Å². The number of allylic oxidation sites excluding steroid dienone is 5. The number of rotatable bonds is 50. The molecule has 6 N–H and O–H groups in total. The molecule has 11 heteroatoms. The van der Waals surface area contributed by atoms with Crippen molar-refractivity contribution in [2.45, 2.75) is 307 Å². The van der Waals surface area contributed by atoms with Crippen LogP contribution in [-0.4, -0.2) is 100 Å². The zero-order chi connectivity index (χ0) is 51.0. The fraction of sp³-hybridized carbons (Fsp3) is 0.864. The molecule has 1 fully saturated rings. The average Bonchev–Trinajstić information content (AvgIpc) is 3.36. The molecule has 70 heavy (non-hydrogen) atoms. The summed E-state index contributed by atoms with van der Waals surface area (Å²) in [6.45, 7) is 4.27. The molecular weight excluding hydrogens is 883 g/mol. The van der Waals surface area contributed by atoms with E-state index in [2.05, 4.69) is 43.5 Å². The number of nitrogens with one attached hydrogen (secondary N) is 1. The van der Waals surface area contributed by atoms with Crippen molar-refractivity contribution in [3.8, 4) is 0 Å². The molecule has 1 heterocycles. The molecule has 7 unspecified atom stereocenters. The van der Waals surface area contributed by atoms with Gasteiger partial charge in [0.05, 0.1) is 32.0 Å². The first-order chi connectivity index (χ1) is 34.2. The second-order valence-corrected chi connectivity index (χ2v) is 20.3. The topological polar surface area (TPSA) is 175 Å². The van der Waals surface area contributed by atoms with Crippen molar-refractivity contribution in [2.75, 3.05) is 19.8 Å². The maximum Gasteiger partial charge on any atom is 0.305 e. The van der Waals surface area contributed by atoms with Crippen LogP contribution < -0.4 is 5.32 Å². The average molecular weight is 993 g/mol. The summed E-state index contributed by atoms with van der Waals surface area (Å²) < 4.78 is 16.7. The van der Waals surface area contributed by atoms with Gasteiger partial charge in [0, 0.05) is 12.8 Å². The highest BCUT2D eigenvalue weighted by Crippen LogP contribution is 2.23. The molecule has 1 aliphatic heterocycles. The fourth-order valence-corrected chi connectivity index (χ4v) is 9.01. The summed E-state index contributed by atoms with van der Waals surface area (Å²) in [6, 6.07) is -0.814. The van der Waals surface area contributed by atoms with Crippen molar-refractivity contribution in [3.05, 3.63) is 36.5 Å². The maximum atomic E-state index is 13.0. The number of ether oxygens (including phenoxy) is 3. The van der Waals surface area contributed by atoms with Crippen LogP contribution in [0.2, 0.25) is 0 Å². The normalized spacial score (nSPS) is 19.4. The number of esters is 1. The highest BCUT2D eigenvalue weighted by molar-refractivity contribution is 5.76. The Morgan fingerprint density at radius 1 is 0.514 bits per heavy atom. The molecule has 1 rings (SSSR count). The third-order valence-corrected chi connectivity index (χ3v) is 13.7. The molecule has 0 aliphatic carbocycles. The minimum atomic E-state index is -1.57. The lowest BCUT2D eigenvalue weighted by atomic mass is 9.99. The van der Waals surface area contributed by atoms with Crippen LogP contribution in [-0.2, 0) is 23.8 Å². The van der Waals surface area contributed by atoms with Crippen LogP contribution in [0, 0.1) is 0 Å². The number of aliphatic hydroxyl groups is 5. The van der Waals surface area contributed by atoms with E-state index >= 15 is 0 Å². The Morgan fingerprint density at radius 2 is 0.914 bits per heavy atom. The Kier molecular flexibility index (Phi) is 46.2. The van der Waals surface area contributed by atoms with Crippen molar-refractivity contribution in [3.63, 3.8) is 0 Å². The smallest absolute Gasteiger partial charge is 0.305 e. The summed E-state index contributed by atoms with van der Waals surface area (Å²) in [6.07, 6.45) is 49.6. The first-order valence-corrected chi connectivity index (χ1v) is 29.3. The van der Waals surface area contributed by atoms with E-state index in [4.69, 9.17) is 14.2 Å². The fourth-order valence-electron chi connectivity index (χ4n) is 9.01. The third-order valence-electron chi connectivity index (χ3n) is 13.7. The second kappa shape index (κ2) is 49.1. The van der Waals surface area contributed by atoms with E-state index in [9.17, 15) is 35.1 Å². The molecule has 0 saturated carbocycles. The van der Waals surface area contributed by atoms with E-state index in [1.54, 1.807) is 6.08 Å². The second-order valence-electron chi connectivity index (χ2n) is 20.3. The summed E-state index contributed by atoms with van der Waals surface area (Å²) in [4.78, 5) is 25.0. The van der Waals surface area contributed by atoms with Gasteiger partial charge in [0.25, 0.3) is 0 Å². The lowest BCUT2D eigenvalue weighted by Crippen LogP contribution is -2.60. The van der Waals surface area contributed by atoms with Gasteiger partial charge in [-0.3, -0.25) is 9.59 Å². The van der Waals surface area contributed by atoms with E-state index in [1.807, 2.05) is 6.08 Å². The van der Waals surface area contributed by atoms with Crippen LogP contribution in [0.4, 0.5) is 0 Å². The van der Waals surface area contributed by atoms with Crippen LogP contribution in [0.5, 0.6) is 0 Å². The van der Waals surface area contributed by atoms with E-state index in [0.717, 1.165) is 77.0 Å². The van der Waals surface area contributed by atoms with Crippen molar-refractivity contribution in [1.29, 1.82) is 0 Å². The van der Waals surface area contributed by atoms with E-state index in [-0.39, 0.29) is 18.5 Å². The number of aliphatic hydroxyl groups excluding tert-OH is 5. The Morgan fingerprint density at radius 3 is 1.40 bits per heavy atom.